The molecule has 0 bridgehead atoms. The largest absolute Gasteiger partial charge is 0.450 e. The second-order valence-corrected chi connectivity index (χ2v) is 4.79. The number of ketones is 1. The third kappa shape index (κ3) is 6.88. The first kappa shape index (κ1) is 17.7. The van der Waals surface area contributed by atoms with Crippen molar-refractivity contribution in [2.45, 2.75) is 26.7 Å². The van der Waals surface area contributed by atoms with Crippen LogP contribution in [0.1, 0.15) is 35.7 Å². The Hall–Kier alpha value is -2.37. The minimum absolute atomic E-state index is 0.0557. The first-order valence-corrected chi connectivity index (χ1v) is 7.30. The van der Waals surface area contributed by atoms with Gasteiger partial charge in [-0.3, -0.25) is 9.59 Å². The van der Waals surface area contributed by atoms with Gasteiger partial charge in [-0.25, -0.2) is 4.79 Å². The standard InChI is InChI=1S/C16H22N2O4/c1-3-22-16(21)18-11-10-17-15(20)9-8-14(19)13-6-4-12(2)5-7-13/h4-7H,3,8-11H2,1-2H3,(H,17,20)(H,18,21). The number of aryl methyl sites for hydroxylation is 1. The maximum Gasteiger partial charge on any atom is 0.407 e. The van der Waals surface area contributed by atoms with Crippen molar-refractivity contribution >= 4 is 17.8 Å². The average molecular weight is 306 g/mol. The number of alkyl carbamates (subject to hydrolysis) is 1. The number of benzene rings is 1. The lowest BCUT2D eigenvalue weighted by atomic mass is 10.1. The molecule has 22 heavy (non-hydrogen) atoms. The molecular weight excluding hydrogens is 284 g/mol. The molecular formula is C16H22N2O4. The van der Waals surface area contributed by atoms with E-state index in [1.807, 2.05) is 19.1 Å². The predicted molar refractivity (Wildman–Crippen MR) is 82.8 cm³/mol. The lowest BCUT2D eigenvalue weighted by Crippen LogP contribution is -2.35. The summed E-state index contributed by atoms with van der Waals surface area (Å²) in [5.74, 6) is -0.272. The first-order chi connectivity index (χ1) is 10.5. The Kier molecular flexibility index (Phi) is 7.67. The third-order valence-electron chi connectivity index (χ3n) is 2.94. The molecule has 1 rings (SSSR count). The Balaban J connectivity index is 2.19. The van der Waals surface area contributed by atoms with Crippen LogP contribution in [0, 0.1) is 6.92 Å². The van der Waals surface area contributed by atoms with Crippen LogP contribution in [0.5, 0.6) is 0 Å². The number of Topliss-reactive ketones (excluding diaryl/α,β-unsaturated/α-hetero) is 1. The van der Waals surface area contributed by atoms with Crippen LogP contribution in [-0.4, -0.2) is 37.5 Å². The number of ether oxygens (including phenoxy) is 1. The van der Waals surface area contributed by atoms with Crippen LogP contribution in [0.3, 0.4) is 0 Å². The van der Waals surface area contributed by atoms with Crippen molar-refractivity contribution in [1.29, 1.82) is 0 Å². The average Bonchev–Trinajstić information content (AvgIpc) is 2.50. The van der Waals surface area contributed by atoms with E-state index in [1.54, 1.807) is 19.1 Å². The number of carbonyl (C=O) groups is 3. The van der Waals surface area contributed by atoms with Gasteiger partial charge in [0.1, 0.15) is 0 Å². The van der Waals surface area contributed by atoms with Gasteiger partial charge < -0.3 is 15.4 Å². The van der Waals surface area contributed by atoms with Gasteiger partial charge in [-0.2, -0.15) is 0 Å². The van der Waals surface area contributed by atoms with Crippen LogP contribution < -0.4 is 10.6 Å². The van der Waals surface area contributed by atoms with Gasteiger partial charge in [0, 0.05) is 31.5 Å². The van der Waals surface area contributed by atoms with Gasteiger partial charge in [0.2, 0.25) is 5.91 Å². The van der Waals surface area contributed by atoms with Gasteiger partial charge >= 0.3 is 6.09 Å². The molecule has 0 fully saturated rings. The maximum absolute atomic E-state index is 11.9. The lowest BCUT2D eigenvalue weighted by molar-refractivity contribution is -0.121. The molecule has 0 heterocycles. The third-order valence-corrected chi connectivity index (χ3v) is 2.94. The minimum atomic E-state index is -0.508. The zero-order valence-electron chi connectivity index (χ0n) is 13.0. The highest BCUT2D eigenvalue weighted by atomic mass is 16.5. The Morgan fingerprint density at radius 1 is 1.00 bits per heavy atom. The van der Waals surface area contributed by atoms with E-state index in [0.717, 1.165) is 5.56 Å². The Morgan fingerprint density at radius 2 is 1.64 bits per heavy atom. The molecule has 0 aromatic heterocycles. The summed E-state index contributed by atoms with van der Waals surface area (Å²) < 4.78 is 4.68. The molecule has 2 amide bonds. The van der Waals surface area contributed by atoms with Gasteiger partial charge in [-0.15, -0.1) is 0 Å². The van der Waals surface area contributed by atoms with Crippen molar-refractivity contribution in [1.82, 2.24) is 10.6 Å². The molecule has 6 nitrogen and oxygen atoms in total. The van der Waals surface area contributed by atoms with Crippen LogP contribution in [0.2, 0.25) is 0 Å². The summed E-state index contributed by atoms with van der Waals surface area (Å²) in [6.45, 7) is 4.56. The number of carbonyl (C=O) groups excluding carboxylic acids is 3. The van der Waals surface area contributed by atoms with Crippen LogP contribution in [0.25, 0.3) is 0 Å². The summed E-state index contributed by atoms with van der Waals surface area (Å²) >= 11 is 0. The highest BCUT2D eigenvalue weighted by molar-refractivity contribution is 5.97. The topological polar surface area (TPSA) is 84.5 Å². The van der Waals surface area contributed by atoms with Crippen molar-refractivity contribution in [3.05, 3.63) is 35.4 Å². The fraction of sp³-hybridized carbons (Fsp3) is 0.438. The molecule has 0 saturated carbocycles. The van der Waals surface area contributed by atoms with Crippen molar-refractivity contribution in [2.75, 3.05) is 19.7 Å². The van der Waals surface area contributed by atoms with Gasteiger partial charge in [-0.1, -0.05) is 29.8 Å². The molecule has 0 unspecified atom stereocenters. The lowest BCUT2D eigenvalue weighted by Gasteiger charge is -2.07. The highest BCUT2D eigenvalue weighted by Gasteiger charge is 2.09. The molecule has 1 aromatic carbocycles. The summed E-state index contributed by atoms with van der Waals surface area (Å²) in [4.78, 5) is 34.5. The van der Waals surface area contributed by atoms with Crippen LogP contribution in [0.15, 0.2) is 24.3 Å². The molecule has 0 aliphatic carbocycles. The molecule has 0 aliphatic heterocycles. The predicted octanol–water partition coefficient (Wildman–Crippen LogP) is 1.82. The molecule has 6 heteroatoms. The zero-order chi connectivity index (χ0) is 16.4. The molecule has 0 spiro atoms. The van der Waals surface area contributed by atoms with E-state index in [1.165, 1.54) is 0 Å². The summed E-state index contributed by atoms with van der Waals surface area (Å²) in [6, 6.07) is 7.26. The van der Waals surface area contributed by atoms with Crippen molar-refractivity contribution in [3.8, 4) is 0 Å². The smallest absolute Gasteiger partial charge is 0.407 e. The fourth-order valence-corrected chi connectivity index (χ4v) is 1.75. The first-order valence-electron chi connectivity index (χ1n) is 7.30. The summed E-state index contributed by atoms with van der Waals surface area (Å²) in [7, 11) is 0. The number of amides is 2. The molecule has 0 aliphatic rings. The van der Waals surface area contributed by atoms with Crippen molar-refractivity contribution in [3.63, 3.8) is 0 Å². The van der Waals surface area contributed by atoms with E-state index in [2.05, 4.69) is 15.4 Å². The minimum Gasteiger partial charge on any atom is -0.450 e. The SMILES string of the molecule is CCOC(=O)NCCNC(=O)CCC(=O)c1ccc(C)cc1. The van der Waals surface area contributed by atoms with E-state index in [9.17, 15) is 14.4 Å². The molecule has 0 atom stereocenters. The van der Waals surface area contributed by atoms with Crippen LogP contribution in [0.4, 0.5) is 4.79 Å². The van der Waals surface area contributed by atoms with Gasteiger partial charge in [-0.05, 0) is 13.8 Å². The van der Waals surface area contributed by atoms with Gasteiger partial charge in [0.15, 0.2) is 5.78 Å². The number of rotatable bonds is 8. The van der Waals surface area contributed by atoms with Crippen LogP contribution in [-0.2, 0) is 9.53 Å². The Morgan fingerprint density at radius 3 is 2.27 bits per heavy atom. The maximum atomic E-state index is 11.9. The fourth-order valence-electron chi connectivity index (χ4n) is 1.75. The second-order valence-electron chi connectivity index (χ2n) is 4.79. The monoisotopic (exact) mass is 306 g/mol. The number of nitrogens with one attached hydrogen (secondary N) is 2. The van der Waals surface area contributed by atoms with E-state index < -0.39 is 6.09 Å². The summed E-state index contributed by atoms with van der Waals surface area (Å²) in [5, 5.41) is 5.13. The van der Waals surface area contributed by atoms with E-state index in [-0.39, 0.29) is 31.1 Å². The van der Waals surface area contributed by atoms with Crippen molar-refractivity contribution in [2.24, 2.45) is 0 Å². The molecule has 120 valence electrons. The van der Waals surface area contributed by atoms with Gasteiger partial charge in [0.25, 0.3) is 0 Å². The van der Waals surface area contributed by atoms with E-state index in [0.29, 0.717) is 18.7 Å². The Labute approximate surface area is 130 Å². The molecule has 2 N–H and O–H groups in total. The molecule has 1 aromatic rings. The van der Waals surface area contributed by atoms with E-state index >= 15 is 0 Å². The molecule has 0 saturated heterocycles. The molecule has 0 radical (unpaired) electrons. The summed E-state index contributed by atoms with van der Waals surface area (Å²) in [5.41, 5.74) is 1.70. The number of hydrogen-bond acceptors (Lipinski definition) is 4. The Bertz CT molecular complexity index is 511. The van der Waals surface area contributed by atoms with E-state index in [4.69, 9.17) is 0 Å². The highest BCUT2D eigenvalue weighted by Crippen LogP contribution is 2.07. The normalized spacial score (nSPS) is 9.91. The van der Waals surface area contributed by atoms with Crippen LogP contribution >= 0.6 is 0 Å². The summed E-state index contributed by atoms with van der Waals surface area (Å²) in [6.07, 6.45) is -0.210. The van der Waals surface area contributed by atoms with Gasteiger partial charge in [0.05, 0.1) is 6.61 Å². The van der Waals surface area contributed by atoms with Crippen molar-refractivity contribution < 1.29 is 19.1 Å². The zero-order valence-corrected chi connectivity index (χ0v) is 13.0. The quantitative estimate of drug-likeness (QED) is 0.567. The number of hydrogen-bond donors (Lipinski definition) is 2. The second kappa shape index (κ2) is 9.55.